The Morgan fingerprint density at radius 1 is 1.17 bits per heavy atom. The molecule has 2 atom stereocenters. The van der Waals surface area contributed by atoms with Gasteiger partial charge >= 0.3 is 6.18 Å². The smallest absolute Gasteiger partial charge is 0.378 e. The molecule has 10 nitrogen and oxygen atoms in total. The summed E-state index contributed by atoms with van der Waals surface area (Å²) in [5, 5.41) is 9.23. The van der Waals surface area contributed by atoms with Crippen LogP contribution in [0.3, 0.4) is 0 Å². The van der Waals surface area contributed by atoms with Crippen LogP contribution in [-0.4, -0.2) is 75.4 Å². The van der Waals surface area contributed by atoms with Crippen LogP contribution in [0.4, 0.5) is 24.7 Å². The number of halogens is 4. The third-order valence-corrected chi connectivity index (χ3v) is 6.88. The first-order valence-corrected chi connectivity index (χ1v) is 12.0. The second kappa shape index (κ2) is 10.5. The number of amides is 1. The predicted molar refractivity (Wildman–Crippen MR) is 124 cm³/mol. The number of likely N-dealkylation sites (tertiary alicyclic amines) is 1. The molecule has 0 saturated carbocycles. The van der Waals surface area contributed by atoms with E-state index in [2.05, 4.69) is 41.4 Å². The van der Waals surface area contributed by atoms with E-state index in [1.54, 1.807) is 0 Å². The number of aromatic amines is 1. The molecule has 0 aromatic carbocycles. The van der Waals surface area contributed by atoms with Crippen molar-refractivity contribution in [1.82, 2.24) is 25.1 Å². The van der Waals surface area contributed by atoms with Gasteiger partial charge in [-0.05, 0) is 35.7 Å². The summed E-state index contributed by atoms with van der Waals surface area (Å²) in [4.78, 5) is 35.7. The number of alkyl halides is 3. The van der Waals surface area contributed by atoms with Gasteiger partial charge in [-0.15, -0.1) is 0 Å². The van der Waals surface area contributed by atoms with Gasteiger partial charge in [-0.1, -0.05) is 0 Å². The number of nitrogens with one attached hydrogen (secondary N) is 2. The average Bonchev–Trinajstić information content (AvgIpc) is 3.20. The van der Waals surface area contributed by atoms with Crippen LogP contribution in [0.5, 0.6) is 0 Å². The Labute approximate surface area is 207 Å². The van der Waals surface area contributed by atoms with Crippen molar-refractivity contribution in [2.75, 3.05) is 36.5 Å². The molecule has 14 heteroatoms. The van der Waals surface area contributed by atoms with Crippen LogP contribution < -0.4 is 15.8 Å². The van der Waals surface area contributed by atoms with Gasteiger partial charge in [0.2, 0.25) is 0 Å². The van der Waals surface area contributed by atoms with E-state index >= 15 is 0 Å². The largest absolute Gasteiger partial charge is 0.434 e. The van der Waals surface area contributed by atoms with Crippen LogP contribution in [0.25, 0.3) is 0 Å². The molecule has 2 aliphatic rings. The van der Waals surface area contributed by atoms with Gasteiger partial charge in [0.1, 0.15) is 16.4 Å². The van der Waals surface area contributed by atoms with E-state index in [0.717, 1.165) is 12.4 Å². The van der Waals surface area contributed by atoms with Crippen molar-refractivity contribution in [1.29, 1.82) is 0 Å². The Morgan fingerprint density at radius 3 is 2.57 bits per heavy atom. The number of anilines is 2. The highest BCUT2D eigenvalue weighted by molar-refractivity contribution is 9.10. The van der Waals surface area contributed by atoms with Crippen molar-refractivity contribution >= 4 is 33.3 Å². The van der Waals surface area contributed by atoms with Gasteiger partial charge in [0.15, 0.2) is 5.69 Å². The molecular weight excluding hydrogens is 535 g/mol. The van der Waals surface area contributed by atoms with E-state index in [4.69, 9.17) is 4.74 Å². The summed E-state index contributed by atoms with van der Waals surface area (Å²) >= 11 is 3.21. The molecule has 2 saturated heterocycles. The Bertz CT molecular complexity index is 1090. The summed E-state index contributed by atoms with van der Waals surface area (Å²) in [6.45, 7) is 3.89. The molecule has 190 valence electrons. The number of nitrogens with zero attached hydrogens (tertiary/aromatic N) is 5. The molecule has 2 aromatic rings. The normalized spacial score (nSPS) is 20.4. The zero-order valence-electron chi connectivity index (χ0n) is 18.9. The number of aromatic nitrogens is 4. The monoisotopic (exact) mass is 559 g/mol. The number of rotatable bonds is 7. The zero-order chi connectivity index (χ0) is 25.2. The molecule has 35 heavy (non-hydrogen) atoms. The maximum Gasteiger partial charge on any atom is 0.434 e. The van der Waals surface area contributed by atoms with E-state index < -0.39 is 18.0 Å². The number of carbonyl (C=O) groups is 1. The minimum Gasteiger partial charge on any atom is -0.378 e. The minimum absolute atomic E-state index is 0.0448. The van der Waals surface area contributed by atoms with Crippen LogP contribution in [0, 0.1) is 0 Å². The molecule has 2 fully saturated rings. The molecule has 0 radical (unpaired) electrons. The van der Waals surface area contributed by atoms with Crippen LogP contribution in [0.1, 0.15) is 31.9 Å². The van der Waals surface area contributed by atoms with Crippen molar-refractivity contribution in [2.45, 2.75) is 50.6 Å². The SMILES string of the molecule is C[C@@H](COC1CCN(C2CCN(c3cnc(C(F)(F)F)cn3)CC2)C1=O)Nc1cn[nH]c(=O)c1Br. The fourth-order valence-electron chi connectivity index (χ4n) is 4.28. The van der Waals surface area contributed by atoms with Crippen molar-refractivity contribution in [3.8, 4) is 0 Å². The molecule has 0 spiro atoms. The number of carbonyl (C=O) groups excluding carboxylic acids is 1. The zero-order valence-corrected chi connectivity index (χ0v) is 20.5. The average molecular weight is 560 g/mol. The van der Waals surface area contributed by atoms with Gasteiger partial charge in [0, 0.05) is 38.1 Å². The molecule has 4 heterocycles. The van der Waals surface area contributed by atoms with Gasteiger partial charge in [0.05, 0.1) is 30.9 Å². The molecule has 4 rings (SSSR count). The lowest BCUT2D eigenvalue weighted by Crippen LogP contribution is -2.47. The molecule has 1 unspecified atom stereocenters. The van der Waals surface area contributed by atoms with E-state index in [0.29, 0.717) is 54.9 Å². The third-order valence-electron chi connectivity index (χ3n) is 6.09. The molecule has 0 aliphatic carbocycles. The lowest BCUT2D eigenvalue weighted by atomic mass is 10.0. The molecule has 0 bridgehead atoms. The van der Waals surface area contributed by atoms with Gasteiger partial charge in [-0.2, -0.15) is 18.3 Å². The number of ether oxygens (including phenoxy) is 1. The Balaban J connectivity index is 1.24. The van der Waals surface area contributed by atoms with Gasteiger partial charge in [-0.25, -0.2) is 15.1 Å². The third kappa shape index (κ3) is 5.92. The lowest BCUT2D eigenvalue weighted by molar-refractivity contribution is -0.141. The first-order valence-electron chi connectivity index (χ1n) is 11.2. The Kier molecular flexibility index (Phi) is 7.59. The number of hydrogen-bond donors (Lipinski definition) is 2. The van der Waals surface area contributed by atoms with Gasteiger partial charge in [-0.3, -0.25) is 9.59 Å². The first-order chi connectivity index (χ1) is 16.6. The van der Waals surface area contributed by atoms with E-state index in [9.17, 15) is 22.8 Å². The van der Waals surface area contributed by atoms with Crippen molar-refractivity contribution in [2.24, 2.45) is 0 Å². The summed E-state index contributed by atoms with van der Waals surface area (Å²) < 4.78 is 44.3. The molecule has 1 amide bonds. The second-order valence-corrected chi connectivity index (χ2v) is 9.38. The van der Waals surface area contributed by atoms with E-state index in [1.807, 2.05) is 16.7 Å². The van der Waals surface area contributed by atoms with Crippen molar-refractivity contribution in [3.63, 3.8) is 0 Å². The lowest BCUT2D eigenvalue weighted by Gasteiger charge is -2.37. The van der Waals surface area contributed by atoms with Crippen molar-refractivity contribution < 1.29 is 22.7 Å². The first kappa shape index (κ1) is 25.4. The minimum atomic E-state index is -4.52. The highest BCUT2D eigenvalue weighted by atomic mass is 79.9. The molecule has 2 aromatic heterocycles. The van der Waals surface area contributed by atoms with E-state index in [-0.39, 0.29) is 30.2 Å². The van der Waals surface area contributed by atoms with Gasteiger partial charge < -0.3 is 19.9 Å². The predicted octanol–water partition coefficient (Wildman–Crippen LogP) is 2.43. The highest BCUT2D eigenvalue weighted by Gasteiger charge is 2.38. The van der Waals surface area contributed by atoms with Crippen molar-refractivity contribution in [3.05, 3.63) is 39.1 Å². The van der Waals surface area contributed by atoms with Crippen LogP contribution in [-0.2, 0) is 15.7 Å². The Morgan fingerprint density at radius 2 is 1.91 bits per heavy atom. The fourth-order valence-corrected chi connectivity index (χ4v) is 4.59. The standard InChI is InChI=1S/C21H25BrF3N7O3/c1-12(29-14-8-28-30-19(33)18(14)22)11-35-15-4-7-32(20(15)34)13-2-5-31(6-3-13)17-10-26-16(9-27-17)21(23,24)25/h8-10,12-13,15H,2-7,11H2,1H3,(H2,29,30,33)/t12-,15?/m0/s1. The molecular formula is C21H25BrF3N7O3. The quantitative estimate of drug-likeness (QED) is 0.531. The number of piperidine rings is 1. The summed E-state index contributed by atoms with van der Waals surface area (Å²) in [7, 11) is 0. The fraction of sp³-hybridized carbons (Fsp3) is 0.571. The van der Waals surface area contributed by atoms with Crippen LogP contribution in [0.2, 0.25) is 0 Å². The van der Waals surface area contributed by atoms with E-state index in [1.165, 1.54) is 6.20 Å². The summed E-state index contributed by atoms with van der Waals surface area (Å²) in [5.74, 6) is 0.345. The topological polar surface area (TPSA) is 116 Å². The number of H-pyrrole nitrogens is 1. The maximum absolute atomic E-state index is 12.9. The summed E-state index contributed by atoms with van der Waals surface area (Å²) in [5.41, 5.74) is -0.828. The van der Waals surface area contributed by atoms with Gasteiger partial charge in [0.25, 0.3) is 11.5 Å². The summed E-state index contributed by atoms with van der Waals surface area (Å²) in [6.07, 6.45) is 0.289. The second-order valence-electron chi connectivity index (χ2n) is 8.59. The summed E-state index contributed by atoms with van der Waals surface area (Å²) in [6, 6.07) is -0.117. The number of hydrogen-bond acceptors (Lipinski definition) is 8. The van der Waals surface area contributed by atoms with Crippen LogP contribution in [0.15, 0.2) is 27.9 Å². The molecule has 2 N–H and O–H groups in total. The highest BCUT2D eigenvalue weighted by Crippen LogP contribution is 2.29. The Hall–Kier alpha value is -2.74. The van der Waals surface area contributed by atoms with Crippen LogP contribution >= 0.6 is 15.9 Å². The maximum atomic E-state index is 12.9. The molecule has 2 aliphatic heterocycles.